The highest BCUT2D eigenvalue weighted by molar-refractivity contribution is 7.99. The Morgan fingerprint density at radius 1 is 1.21 bits per heavy atom. The standard InChI is InChI=1S/C16H11F2NO4S/c1-23-16(20)7-3-10-2-6-15(14(8-10)19(21)22)24-11-4-5-12(17)13(18)9-11/h2-9H,1H3/b7-3+. The van der Waals surface area contributed by atoms with Gasteiger partial charge in [0.2, 0.25) is 0 Å². The molecule has 0 aliphatic heterocycles. The van der Waals surface area contributed by atoms with Crippen LogP contribution < -0.4 is 0 Å². The topological polar surface area (TPSA) is 69.4 Å². The van der Waals surface area contributed by atoms with E-state index in [0.29, 0.717) is 10.5 Å². The van der Waals surface area contributed by atoms with Crippen LogP contribution >= 0.6 is 11.8 Å². The van der Waals surface area contributed by atoms with Crippen LogP contribution in [0.25, 0.3) is 6.08 Å². The first-order valence-corrected chi connectivity index (χ1v) is 7.39. The Balaban J connectivity index is 2.32. The molecule has 0 amide bonds. The minimum Gasteiger partial charge on any atom is -0.466 e. The number of nitro groups is 1. The van der Waals surface area contributed by atoms with Crippen LogP contribution in [0.1, 0.15) is 5.56 Å². The zero-order valence-corrected chi connectivity index (χ0v) is 13.2. The minimum atomic E-state index is -1.03. The molecule has 0 aliphatic rings. The van der Waals surface area contributed by atoms with Gasteiger partial charge in [0.15, 0.2) is 11.6 Å². The number of benzene rings is 2. The van der Waals surface area contributed by atoms with Crippen LogP contribution in [-0.4, -0.2) is 18.0 Å². The summed E-state index contributed by atoms with van der Waals surface area (Å²) < 4.78 is 30.6. The summed E-state index contributed by atoms with van der Waals surface area (Å²) in [5.74, 6) is -2.60. The number of hydrogen-bond donors (Lipinski definition) is 0. The zero-order chi connectivity index (χ0) is 17.7. The third-order valence-electron chi connectivity index (χ3n) is 2.91. The van der Waals surface area contributed by atoms with Gasteiger partial charge in [-0.05, 0) is 35.9 Å². The van der Waals surface area contributed by atoms with Crippen LogP contribution in [-0.2, 0) is 9.53 Å². The molecule has 2 rings (SSSR count). The largest absolute Gasteiger partial charge is 0.466 e. The molecule has 124 valence electrons. The molecule has 0 fully saturated rings. The van der Waals surface area contributed by atoms with E-state index in [9.17, 15) is 23.7 Å². The van der Waals surface area contributed by atoms with E-state index in [0.717, 1.165) is 30.0 Å². The van der Waals surface area contributed by atoms with E-state index in [2.05, 4.69) is 4.74 Å². The van der Waals surface area contributed by atoms with E-state index >= 15 is 0 Å². The molecule has 0 bridgehead atoms. The maximum absolute atomic E-state index is 13.2. The van der Waals surface area contributed by atoms with Gasteiger partial charge in [-0.1, -0.05) is 17.8 Å². The number of esters is 1. The minimum absolute atomic E-state index is 0.211. The van der Waals surface area contributed by atoms with Gasteiger partial charge in [-0.2, -0.15) is 0 Å². The number of hydrogen-bond acceptors (Lipinski definition) is 5. The van der Waals surface area contributed by atoms with Crippen molar-refractivity contribution >= 4 is 29.5 Å². The SMILES string of the molecule is COC(=O)/C=C/c1ccc(Sc2ccc(F)c(F)c2)c([N+](=O)[O-])c1. The number of nitro benzene ring substituents is 1. The fourth-order valence-corrected chi connectivity index (χ4v) is 2.69. The molecule has 0 aliphatic carbocycles. The highest BCUT2D eigenvalue weighted by atomic mass is 32.2. The summed E-state index contributed by atoms with van der Waals surface area (Å²) >= 11 is 0.939. The van der Waals surface area contributed by atoms with E-state index in [1.54, 1.807) is 6.07 Å². The van der Waals surface area contributed by atoms with E-state index < -0.39 is 22.5 Å². The van der Waals surface area contributed by atoms with Crippen LogP contribution in [0.2, 0.25) is 0 Å². The molecule has 24 heavy (non-hydrogen) atoms. The summed E-state index contributed by atoms with van der Waals surface area (Å²) in [5, 5.41) is 11.2. The molecule has 0 saturated carbocycles. The first-order chi connectivity index (χ1) is 11.4. The Morgan fingerprint density at radius 3 is 2.58 bits per heavy atom. The number of nitrogens with zero attached hydrogens (tertiary/aromatic N) is 1. The fourth-order valence-electron chi connectivity index (χ4n) is 1.77. The number of rotatable bonds is 5. The summed E-state index contributed by atoms with van der Waals surface area (Å²) in [6.45, 7) is 0. The molecular weight excluding hydrogens is 340 g/mol. The van der Waals surface area contributed by atoms with Gasteiger partial charge in [-0.25, -0.2) is 13.6 Å². The number of ether oxygens (including phenoxy) is 1. The van der Waals surface area contributed by atoms with Gasteiger partial charge in [0.05, 0.1) is 16.9 Å². The third kappa shape index (κ3) is 4.39. The summed E-state index contributed by atoms with van der Waals surface area (Å²) in [6, 6.07) is 7.57. The predicted molar refractivity (Wildman–Crippen MR) is 84.6 cm³/mol. The number of halogens is 2. The molecule has 0 heterocycles. The molecule has 2 aromatic rings. The van der Waals surface area contributed by atoms with Crippen molar-refractivity contribution in [1.82, 2.24) is 0 Å². The Morgan fingerprint density at radius 2 is 1.96 bits per heavy atom. The highest BCUT2D eigenvalue weighted by Crippen LogP contribution is 2.36. The van der Waals surface area contributed by atoms with Crippen molar-refractivity contribution in [3.8, 4) is 0 Å². The van der Waals surface area contributed by atoms with Gasteiger partial charge in [-0.15, -0.1) is 0 Å². The molecule has 0 unspecified atom stereocenters. The average Bonchev–Trinajstić information content (AvgIpc) is 2.56. The summed E-state index contributed by atoms with van der Waals surface area (Å²) in [7, 11) is 1.22. The molecular formula is C16H11F2NO4S. The van der Waals surface area contributed by atoms with Gasteiger partial charge in [0.1, 0.15) is 0 Å². The predicted octanol–water partition coefficient (Wildman–Crippen LogP) is 4.21. The Bertz CT molecular complexity index is 824. The summed E-state index contributed by atoms with van der Waals surface area (Å²) in [4.78, 5) is 22.3. The van der Waals surface area contributed by atoms with E-state index in [4.69, 9.17) is 0 Å². The molecule has 8 heteroatoms. The van der Waals surface area contributed by atoms with Gasteiger partial charge in [0, 0.05) is 17.0 Å². The molecule has 0 N–H and O–H groups in total. The summed E-state index contributed by atoms with van der Waals surface area (Å²) in [6.07, 6.45) is 2.52. The lowest BCUT2D eigenvalue weighted by Gasteiger charge is -2.05. The highest BCUT2D eigenvalue weighted by Gasteiger charge is 2.16. The van der Waals surface area contributed by atoms with Crippen LogP contribution in [0.4, 0.5) is 14.5 Å². The van der Waals surface area contributed by atoms with Crippen molar-refractivity contribution in [2.24, 2.45) is 0 Å². The van der Waals surface area contributed by atoms with Crippen molar-refractivity contribution in [2.75, 3.05) is 7.11 Å². The number of carbonyl (C=O) groups is 1. The first kappa shape index (κ1) is 17.6. The molecule has 0 atom stereocenters. The molecule has 0 aromatic heterocycles. The zero-order valence-electron chi connectivity index (χ0n) is 12.4. The van der Waals surface area contributed by atoms with Crippen molar-refractivity contribution in [3.05, 3.63) is 69.8 Å². The van der Waals surface area contributed by atoms with E-state index in [1.807, 2.05) is 0 Å². The van der Waals surface area contributed by atoms with Crippen molar-refractivity contribution in [2.45, 2.75) is 9.79 Å². The maximum atomic E-state index is 13.2. The molecule has 0 spiro atoms. The molecule has 5 nitrogen and oxygen atoms in total. The second kappa shape index (κ2) is 7.69. The van der Waals surface area contributed by atoms with Gasteiger partial charge in [0.25, 0.3) is 5.69 Å². The van der Waals surface area contributed by atoms with Crippen LogP contribution in [0.5, 0.6) is 0 Å². The van der Waals surface area contributed by atoms with Crippen molar-refractivity contribution in [3.63, 3.8) is 0 Å². The van der Waals surface area contributed by atoms with Crippen LogP contribution in [0.3, 0.4) is 0 Å². The number of methoxy groups -OCH3 is 1. The van der Waals surface area contributed by atoms with Crippen LogP contribution in [0.15, 0.2) is 52.3 Å². The Kier molecular flexibility index (Phi) is 5.64. The van der Waals surface area contributed by atoms with Crippen molar-refractivity contribution < 1.29 is 23.2 Å². The first-order valence-electron chi connectivity index (χ1n) is 6.58. The van der Waals surface area contributed by atoms with Gasteiger partial charge in [-0.3, -0.25) is 10.1 Å². The second-order valence-corrected chi connectivity index (χ2v) is 5.63. The molecule has 2 aromatic carbocycles. The second-order valence-electron chi connectivity index (χ2n) is 4.52. The molecule has 0 saturated heterocycles. The quantitative estimate of drug-likeness (QED) is 0.349. The smallest absolute Gasteiger partial charge is 0.330 e. The van der Waals surface area contributed by atoms with Crippen molar-refractivity contribution in [1.29, 1.82) is 0 Å². The van der Waals surface area contributed by atoms with Gasteiger partial charge >= 0.3 is 5.97 Å². The summed E-state index contributed by atoms with van der Waals surface area (Å²) in [5.41, 5.74) is 0.221. The lowest BCUT2D eigenvalue weighted by Crippen LogP contribution is -1.94. The van der Waals surface area contributed by atoms with E-state index in [1.165, 1.54) is 31.4 Å². The lowest BCUT2D eigenvalue weighted by molar-refractivity contribution is -0.387. The third-order valence-corrected chi connectivity index (χ3v) is 3.97. The lowest BCUT2D eigenvalue weighted by atomic mass is 10.2. The van der Waals surface area contributed by atoms with Gasteiger partial charge < -0.3 is 4.74 Å². The molecule has 0 radical (unpaired) electrons. The number of carbonyl (C=O) groups excluding carboxylic acids is 1. The Hall–Kier alpha value is -2.74. The average molecular weight is 351 g/mol. The Labute approximate surface area is 140 Å². The fraction of sp³-hybridized carbons (Fsp3) is 0.0625. The van der Waals surface area contributed by atoms with Crippen LogP contribution in [0, 0.1) is 21.7 Å². The normalized spacial score (nSPS) is 10.8. The maximum Gasteiger partial charge on any atom is 0.330 e. The monoisotopic (exact) mass is 351 g/mol. The van der Waals surface area contributed by atoms with E-state index in [-0.39, 0.29) is 10.6 Å².